The van der Waals surface area contributed by atoms with Gasteiger partial charge in [0.2, 0.25) is 0 Å². The van der Waals surface area contributed by atoms with E-state index in [1.807, 2.05) is 35.2 Å². The lowest BCUT2D eigenvalue weighted by atomic mass is 10.2. The maximum atomic E-state index is 12.8. The van der Waals surface area contributed by atoms with Gasteiger partial charge in [0.1, 0.15) is 0 Å². The summed E-state index contributed by atoms with van der Waals surface area (Å²) in [4.78, 5) is 29.1. The molecule has 0 bridgehead atoms. The van der Waals surface area contributed by atoms with Gasteiger partial charge in [-0.1, -0.05) is 25.1 Å². The molecule has 0 N–H and O–H groups in total. The molecule has 5 nitrogen and oxygen atoms in total. The molecule has 24 heavy (non-hydrogen) atoms. The maximum Gasteiger partial charge on any atom is 0.255 e. The van der Waals surface area contributed by atoms with Crippen LogP contribution in [-0.4, -0.2) is 53.0 Å². The topological polar surface area (TPSA) is 45.6 Å². The molecular formula is C19H23N3O2. The Balaban J connectivity index is 1.78. The molecule has 2 heterocycles. The van der Waals surface area contributed by atoms with E-state index in [0.29, 0.717) is 5.56 Å². The zero-order valence-electron chi connectivity index (χ0n) is 14.0. The number of nitrogens with zero attached hydrogens (tertiary/aromatic N) is 3. The number of hydrogen-bond donors (Lipinski definition) is 0. The van der Waals surface area contributed by atoms with Crippen LogP contribution in [0.5, 0.6) is 0 Å². The maximum absolute atomic E-state index is 12.8. The molecule has 0 spiro atoms. The van der Waals surface area contributed by atoms with Gasteiger partial charge in [-0.25, -0.2) is 0 Å². The molecule has 126 valence electrons. The second-order valence-corrected chi connectivity index (χ2v) is 6.10. The van der Waals surface area contributed by atoms with E-state index in [0.717, 1.165) is 44.8 Å². The number of piperazine rings is 1. The highest BCUT2D eigenvalue weighted by Gasteiger charge is 2.22. The fourth-order valence-electron chi connectivity index (χ4n) is 3.08. The molecule has 0 radical (unpaired) electrons. The first kappa shape index (κ1) is 16.5. The van der Waals surface area contributed by atoms with Crippen molar-refractivity contribution in [3.63, 3.8) is 0 Å². The molecule has 1 saturated heterocycles. The second kappa shape index (κ2) is 7.45. The molecule has 1 amide bonds. The zero-order chi connectivity index (χ0) is 16.9. The Hall–Kier alpha value is -2.40. The van der Waals surface area contributed by atoms with Gasteiger partial charge in [-0.3, -0.25) is 19.1 Å². The van der Waals surface area contributed by atoms with Crippen LogP contribution in [0.1, 0.15) is 23.7 Å². The third kappa shape index (κ3) is 3.57. The predicted molar refractivity (Wildman–Crippen MR) is 94.7 cm³/mol. The van der Waals surface area contributed by atoms with Crippen LogP contribution in [0.25, 0.3) is 5.69 Å². The number of benzene rings is 1. The highest BCUT2D eigenvalue weighted by Crippen LogP contribution is 2.10. The number of pyridine rings is 1. The number of para-hydroxylation sites is 1. The number of rotatable bonds is 4. The fourth-order valence-corrected chi connectivity index (χ4v) is 3.08. The van der Waals surface area contributed by atoms with Crippen molar-refractivity contribution in [3.8, 4) is 5.69 Å². The number of amides is 1. The van der Waals surface area contributed by atoms with Crippen molar-refractivity contribution in [2.45, 2.75) is 13.3 Å². The van der Waals surface area contributed by atoms with Crippen LogP contribution >= 0.6 is 0 Å². The summed E-state index contributed by atoms with van der Waals surface area (Å²) in [6.45, 7) is 6.56. The van der Waals surface area contributed by atoms with Crippen LogP contribution in [0.15, 0.2) is 53.5 Å². The van der Waals surface area contributed by atoms with Gasteiger partial charge in [0.25, 0.3) is 11.5 Å². The first-order chi connectivity index (χ1) is 11.7. The smallest absolute Gasteiger partial charge is 0.255 e. The second-order valence-electron chi connectivity index (χ2n) is 6.10. The largest absolute Gasteiger partial charge is 0.336 e. The van der Waals surface area contributed by atoms with E-state index in [-0.39, 0.29) is 11.5 Å². The Kier molecular flexibility index (Phi) is 5.11. The van der Waals surface area contributed by atoms with Crippen molar-refractivity contribution in [2.75, 3.05) is 32.7 Å². The highest BCUT2D eigenvalue weighted by molar-refractivity contribution is 5.94. The quantitative estimate of drug-likeness (QED) is 0.864. The molecule has 0 saturated carbocycles. The van der Waals surface area contributed by atoms with Gasteiger partial charge in [-0.05, 0) is 31.2 Å². The van der Waals surface area contributed by atoms with Crippen molar-refractivity contribution in [3.05, 3.63) is 64.6 Å². The van der Waals surface area contributed by atoms with Gasteiger partial charge in [0.15, 0.2) is 0 Å². The lowest BCUT2D eigenvalue weighted by Crippen LogP contribution is -2.48. The zero-order valence-corrected chi connectivity index (χ0v) is 14.0. The molecule has 1 aliphatic heterocycles. The van der Waals surface area contributed by atoms with Crippen LogP contribution in [0, 0.1) is 0 Å². The summed E-state index contributed by atoms with van der Waals surface area (Å²) in [5.41, 5.74) is 1.19. The van der Waals surface area contributed by atoms with Gasteiger partial charge >= 0.3 is 0 Å². The Morgan fingerprint density at radius 3 is 2.38 bits per heavy atom. The summed E-state index contributed by atoms with van der Waals surface area (Å²) in [5, 5.41) is 0. The van der Waals surface area contributed by atoms with E-state index in [1.54, 1.807) is 12.3 Å². The summed E-state index contributed by atoms with van der Waals surface area (Å²) in [6.07, 6.45) is 2.79. The van der Waals surface area contributed by atoms with Crippen LogP contribution in [0.3, 0.4) is 0 Å². The van der Waals surface area contributed by atoms with E-state index >= 15 is 0 Å². The molecule has 0 unspecified atom stereocenters. The Morgan fingerprint density at radius 2 is 1.71 bits per heavy atom. The number of hydrogen-bond acceptors (Lipinski definition) is 3. The molecule has 1 fully saturated rings. The molecule has 2 aromatic rings. The minimum absolute atomic E-state index is 0.00386. The Bertz CT molecular complexity index is 747. The molecule has 1 aromatic heterocycles. The molecule has 5 heteroatoms. The Labute approximate surface area is 142 Å². The van der Waals surface area contributed by atoms with Crippen LogP contribution < -0.4 is 5.56 Å². The summed E-state index contributed by atoms with van der Waals surface area (Å²) in [7, 11) is 0. The van der Waals surface area contributed by atoms with Crippen LogP contribution in [0.4, 0.5) is 0 Å². The fraction of sp³-hybridized carbons (Fsp3) is 0.368. The number of carbonyl (C=O) groups is 1. The minimum Gasteiger partial charge on any atom is -0.336 e. The highest BCUT2D eigenvalue weighted by atomic mass is 16.2. The van der Waals surface area contributed by atoms with E-state index in [2.05, 4.69) is 11.8 Å². The van der Waals surface area contributed by atoms with E-state index in [1.165, 1.54) is 10.6 Å². The summed E-state index contributed by atoms with van der Waals surface area (Å²) >= 11 is 0. The molecule has 1 aliphatic rings. The van der Waals surface area contributed by atoms with Crippen molar-refractivity contribution in [1.82, 2.24) is 14.4 Å². The van der Waals surface area contributed by atoms with Gasteiger partial charge in [0, 0.05) is 44.1 Å². The molecule has 0 aliphatic carbocycles. The van der Waals surface area contributed by atoms with E-state index in [4.69, 9.17) is 0 Å². The average molecular weight is 325 g/mol. The first-order valence-electron chi connectivity index (χ1n) is 8.49. The van der Waals surface area contributed by atoms with Crippen LogP contribution in [0.2, 0.25) is 0 Å². The third-order valence-corrected chi connectivity index (χ3v) is 4.39. The third-order valence-electron chi connectivity index (χ3n) is 4.39. The van der Waals surface area contributed by atoms with Crippen molar-refractivity contribution in [2.24, 2.45) is 0 Å². The summed E-state index contributed by atoms with van der Waals surface area (Å²) in [5.74, 6) is -0.00386. The molecule has 0 atom stereocenters. The van der Waals surface area contributed by atoms with E-state index < -0.39 is 0 Å². The lowest BCUT2D eigenvalue weighted by Gasteiger charge is -2.34. The van der Waals surface area contributed by atoms with Crippen molar-refractivity contribution >= 4 is 5.91 Å². The number of carbonyl (C=O) groups excluding carboxylic acids is 1. The first-order valence-corrected chi connectivity index (χ1v) is 8.49. The summed E-state index contributed by atoms with van der Waals surface area (Å²) < 4.78 is 1.53. The van der Waals surface area contributed by atoms with E-state index in [9.17, 15) is 9.59 Å². The lowest BCUT2D eigenvalue weighted by molar-refractivity contribution is 0.0637. The monoisotopic (exact) mass is 325 g/mol. The Morgan fingerprint density at radius 1 is 1.00 bits per heavy atom. The van der Waals surface area contributed by atoms with Gasteiger partial charge < -0.3 is 4.90 Å². The van der Waals surface area contributed by atoms with Gasteiger partial charge in [-0.15, -0.1) is 0 Å². The number of aromatic nitrogens is 1. The van der Waals surface area contributed by atoms with Crippen molar-refractivity contribution in [1.29, 1.82) is 0 Å². The molecular weight excluding hydrogens is 302 g/mol. The normalized spacial score (nSPS) is 15.5. The van der Waals surface area contributed by atoms with Crippen LogP contribution in [-0.2, 0) is 0 Å². The SMILES string of the molecule is CCCN1CCN(C(=O)c2ccc(=O)n(-c3ccccc3)c2)CC1. The average Bonchev–Trinajstić information content (AvgIpc) is 2.63. The minimum atomic E-state index is -0.134. The molecule has 3 rings (SSSR count). The molecule has 1 aromatic carbocycles. The van der Waals surface area contributed by atoms with Crippen molar-refractivity contribution < 1.29 is 4.79 Å². The summed E-state index contributed by atoms with van der Waals surface area (Å²) in [6, 6.07) is 12.5. The van der Waals surface area contributed by atoms with Gasteiger partial charge in [-0.2, -0.15) is 0 Å². The standard InChI is InChI=1S/C19H23N3O2/c1-2-10-20-11-13-21(14-12-20)19(24)16-8-9-18(23)22(15-16)17-6-4-3-5-7-17/h3-9,15H,2,10-14H2,1H3. The van der Waals surface area contributed by atoms with Gasteiger partial charge in [0.05, 0.1) is 5.56 Å². The predicted octanol–water partition coefficient (Wildman–Crippen LogP) is 2.01.